The standard InChI is InChI=1S/C27H20FN3O2/c1-15-18(6-4-8-22(15)31-27(33)16-9-11-17(28)12-10-16)20-13-14-21-19-5-2-3-7-23(19)30-25(21)24(20)26(29)32/h2-14,30H,1H3,(H2,29,32)(H,31,33). The lowest BCUT2D eigenvalue weighted by molar-refractivity contribution is 0.0999. The van der Waals surface area contributed by atoms with E-state index in [1.165, 1.54) is 24.3 Å². The predicted octanol–water partition coefficient (Wildman–Crippen LogP) is 5.79. The van der Waals surface area contributed by atoms with Crippen LogP contribution in [0.3, 0.4) is 0 Å². The van der Waals surface area contributed by atoms with Crippen molar-refractivity contribution in [2.75, 3.05) is 5.32 Å². The van der Waals surface area contributed by atoms with Gasteiger partial charge in [0, 0.05) is 27.5 Å². The van der Waals surface area contributed by atoms with Gasteiger partial charge in [-0.1, -0.05) is 42.5 Å². The number of fused-ring (bicyclic) bond motifs is 3. The van der Waals surface area contributed by atoms with Crippen LogP contribution in [0.15, 0.2) is 78.9 Å². The topological polar surface area (TPSA) is 88.0 Å². The number of aromatic amines is 1. The number of H-pyrrole nitrogens is 1. The summed E-state index contributed by atoms with van der Waals surface area (Å²) in [5.74, 6) is -1.30. The Bertz CT molecular complexity index is 1550. The molecule has 0 aliphatic heterocycles. The number of carbonyl (C=O) groups excluding carboxylic acids is 2. The van der Waals surface area contributed by atoms with Gasteiger partial charge in [0.1, 0.15) is 5.82 Å². The summed E-state index contributed by atoms with van der Waals surface area (Å²) in [6.07, 6.45) is 0. The number of halogens is 1. The van der Waals surface area contributed by atoms with Crippen molar-refractivity contribution in [3.05, 3.63) is 101 Å². The molecule has 1 aromatic heterocycles. The van der Waals surface area contributed by atoms with Crippen molar-refractivity contribution in [1.29, 1.82) is 0 Å². The number of hydrogen-bond acceptors (Lipinski definition) is 2. The van der Waals surface area contributed by atoms with E-state index >= 15 is 0 Å². The molecule has 4 aromatic carbocycles. The van der Waals surface area contributed by atoms with Gasteiger partial charge in [-0.2, -0.15) is 0 Å². The number of carbonyl (C=O) groups is 2. The van der Waals surface area contributed by atoms with Crippen molar-refractivity contribution in [1.82, 2.24) is 4.98 Å². The van der Waals surface area contributed by atoms with Gasteiger partial charge in [-0.3, -0.25) is 9.59 Å². The lowest BCUT2D eigenvalue weighted by atomic mass is 9.92. The molecule has 162 valence electrons. The van der Waals surface area contributed by atoms with Gasteiger partial charge < -0.3 is 16.0 Å². The second-order valence-electron chi connectivity index (χ2n) is 7.88. The molecule has 6 heteroatoms. The number of primary amides is 1. The summed E-state index contributed by atoms with van der Waals surface area (Å²) in [5.41, 5.74) is 11.0. The Hall–Kier alpha value is -4.45. The number of hydrogen-bond donors (Lipinski definition) is 3. The molecule has 0 unspecified atom stereocenters. The molecule has 33 heavy (non-hydrogen) atoms. The van der Waals surface area contributed by atoms with Crippen LogP contribution in [0.4, 0.5) is 10.1 Å². The van der Waals surface area contributed by atoms with Crippen LogP contribution in [0.5, 0.6) is 0 Å². The maximum atomic E-state index is 13.2. The van der Waals surface area contributed by atoms with Crippen molar-refractivity contribution >= 4 is 39.3 Å². The summed E-state index contributed by atoms with van der Waals surface area (Å²) in [6.45, 7) is 1.87. The highest BCUT2D eigenvalue weighted by molar-refractivity contribution is 6.18. The number of benzene rings is 4. The molecule has 5 rings (SSSR count). The molecular formula is C27H20FN3O2. The molecule has 0 atom stereocenters. The minimum Gasteiger partial charge on any atom is -0.366 e. The second-order valence-corrected chi connectivity index (χ2v) is 7.88. The van der Waals surface area contributed by atoms with E-state index in [0.29, 0.717) is 27.9 Å². The van der Waals surface area contributed by atoms with E-state index in [2.05, 4.69) is 10.3 Å². The Morgan fingerprint density at radius 3 is 2.36 bits per heavy atom. The lowest BCUT2D eigenvalue weighted by Gasteiger charge is -2.15. The molecule has 0 saturated heterocycles. The maximum absolute atomic E-state index is 13.2. The summed E-state index contributed by atoms with van der Waals surface area (Å²) in [6, 6.07) is 22.5. The van der Waals surface area contributed by atoms with E-state index in [-0.39, 0.29) is 5.91 Å². The van der Waals surface area contributed by atoms with Crippen molar-refractivity contribution in [3.8, 4) is 11.1 Å². The fourth-order valence-electron chi connectivity index (χ4n) is 4.26. The normalized spacial score (nSPS) is 11.1. The van der Waals surface area contributed by atoms with E-state index in [1.807, 2.05) is 55.5 Å². The fourth-order valence-corrected chi connectivity index (χ4v) is 4.26. The summed E-state index contributed by atoms with van der Waals surface area (Å²) < 4.78 is 13.2. The van der Waals surface area contributed by atoms with E-state index in [4.69, 9.17) is 5.73 Å². The van der Waals surface area contributed by atoms with Crippen LogP contribution < -0.4 is 11.1 Å². The fraction of sp³-hybridized carbons (Fsp3) is 0.0370. The molecule has 5 nitrogen and oxygen atoms in total. The van der Waals surface area contributed by atoms with Gasteiger partial charge in [0.2, 0.25) is 0 Å². The Balaban J connectivity index is 1.62. The molecule has 1 heterocycles. The van der Waals surface area contributed by atoms with E-state index < -0.39 is 11.7 Å². The second kappa shape index (κ2) is 7.91. The summed E-state index contributed by atoms with van der Waals surface area (Å²) in [4.78, 5) is 28.6. The molecule has 4 N–H and O–H groups in total. The van der Waals surface area contributed by atoms with Crippen LogP contribution in [0, 0.1) is 12.7 Å². The van der Waals surface area contributed by atoms with Crippen molar-refractivity contribution in [2.24, 2.45) is 5.73 Å². The van der Waals surface area contributed by atoms with Gasteiger partial charge in [0.05, 0.1) is 11.1 Å². The Morgan fingerprint density at radius 1 is 0.848 bits per heavy atom. The quantitative estimate of drug-likeness (QED) is 0.332. The number of nitrogens with one attached hydrogen (secondary N) is 2. The SMILES string of the molecule is Cc1c(NC(=O)c2ccc(F)cc2)cccc1-c1ccc2c([nH]c3ccccc32)c1C(N)=O. The van der Waals surface area contributed by atoms with Crippen molar-refractivity contribution in [2.45, 2.75) is 6.92 Å². The van der Waals surface area contributed by atoms with Crippen LogP contribution in [0.2, 0.25) is 0 Å². The number of nitrogens with two attached hydrogens (primary N) is 1. The zero-order valence-electron chi connectivity index (χ0n) is 17.8. The smallest absolute Gasteiger partial charge is 0.255 e. The van der Waals surface area contributed by atoms with Gasteiger partial charge >= 0.3 is 0 Å². The van der Waals surface area contributed by atoms with Crippen LogP contribution in [-0.4, -0.2) is 16.8 Å². The van der Waals surface area contributed by atoms with Crippen LogP contribution >= 0.6 is 0 Å². The zero-order valence-corrected chi connectivity index (χ0v) is 17.8. The van der Waals surface area contributed by atoms with Gasteiger partial charge in [-0.25, -0.2) is 4.39 Å². The molecule has 2 amide bonds. The molecule has 0 saturated carbocycles. The molecule has 0 spiro atoms. The molecule has 0 radical (unpaired) electrons. The Morgan fingerprint density at radius 2 is 1.61 bits per heavy atom. The zero-order chi connectivity index (χ0) is 23.1. The number of anilines is 1. The molecule has 5 aromatic rings. The highest BCUT2D eigenvalue weighted by Gasteiger charge is 2.20. The van der Waals surface area contributed by atoms with Crippen LogP contribution in [-0.2, 0) is 0 Å². The third-order valence-corrected chi connectivity index (χ3v) is 5.91. The monoisotopic (exact) mass is 437 g/mol. The number of aromatic nitrogens is 1. The molecular weight excluding hydrogens is 417 g/mol. The molecule has 0 aliphatic carbocycles. The minimum atomic E-state index is -0.540. The maximum Gasteiger partial charge on any atom is 0.255 e. The average molecular weight is 437 g/mol. The largest absolute Gasteiger partial charge is 0.366 e. The van der Waals surface area contributed by atoms with E-state index in [1.54, 1.807) is 6.07 Å². The predicted molar refractivity (Wildman–Crippen MR) is 129 cm³/mol. The summed E-state index contributed by atoms with van der Waals surface area (Å²) in [7, 11) is 0. The first-order chi connectivity index (χ1) is 15.9. The van der Waals surface area contributed by atoms with E-state index in [0.717, 1.165) is 27.4 Å². The van der Waals surface area contributed by atoms with E-state index in [9.17, 15) is 14.0 Å². The molecule has 0 bridgehead atoms. The van der Waals surface area contributed by atoms with Gasteiger partial charge in [0.15, 0.2) is 0 Å². The Kier molecular flexibility index (Phi) is 4.90. The molecule has 0 aliphatic rings. The third kappa shape index (κ3) is 3.51. The van der Waals surface area contributed by atoms with Crippen molar-refractivity contribution in [3.63, 3.8) is 0 Å². The van der Waals surface area contributed by atoms with Crippen LogP contribution in [0.1, 0.15) is 26.3 Å². The first-order valence-corrected chi connectivity index (χ1v) is 10.4. The number of para-hydroxylation sites is 1. The highest BCUT2D eigenvalue weighted by atomic mass is 19.1. The number of amides is 2. The first kappa shape index (κ1) is 20.5. The van der Waals surface area contributed by atoms with Gasteiger partial charge in [0.25, 0.3) is 11.8 Å². The third-order valence-electron chi connectivity index (χ3n) is 5.91. The lowest BCUT2D eigenvalue weighted by Crippen LogP contribution is -2.14. The molecule has 0 fully saturated rings. The summed E-state index contributed by atoms with van der Waals surface area (Å²) >= 11 is 0. The average Bonchev–Trinajstić information content (AvgIpc) is 3.18. The first-order valence-electron chi connectivity index (χ1n) is 10.4. The van der Waals surface area contributed by atoms with Gasteiger partial charge in [-0.05, 0) is 60.0 Å². The summed E-state index contributed by atoms with van der Waals surface area (Å²) in [5, 5.41) is 4.81. The Labute approximate surface area is 189 Å². The van der Waals surface area contributed by atoms with Crippen molar-refractivity contribution < 1.29 is 14.0 Å². The number of rotatable bonds is 4. The van der Waals surface area contributed by atoms with Crippen LogP contribution in [0.25, 0.3) is 32.9 Å². The van der Waals surface area contributed by atoms with Gasteiger partial charge in [-0.15, -0.1) is 0 Å². The highest BCUT2D eigenvalue weighted by Crippen LogP contribution is 2.36. The minimum absolute atomic E-state index is 0.346.